The number of esters is 1. The highest BCUT2D eigenvalue weighted by atomic mass is 16.5. The summed E-state index contributed by atoms with van der Waals surface area (Å²) >= 11 is 0. The van der Waals surface area contributed by atoms with Gasteiger partial charge in [0.25, 0.3) is 5.91 Å². The van der Waals surface area contributed by atoms with Crippen molar-refractivity contribution >= 4 is 23.2 Å². The lowest BCUT2D eigenvalue weighted by Gasteiger charge is -2.09. The van der Waals surface area contributed by atoms with Gasteiger partial charge in [-0.2, -0.15) is 0 Å². The molecule has 0 radical (unpaired) electrons. The van der Waals surface area contributed by atoms with Crippen LogP contribution in [0.3, 0.4) is 0 Å². The van der Waals surface area contributed by atoms with E-state index in [0.717, 1.165) is 6.42 Å². The quantitative estimate of drug-likeness (QED) is 0.580. The lowest BCUT2D eigenvalue weighted by atomic mass is 10.2. The minimum atomic E-state index is -0.409. The van der Waals surface area contributed by atoms with E-state index in [0.29, 0.717) is 53.7 Å². The molecule has 0 aliphatic heterocycles. The number of nitrogens with zero attached hydrogens (tertiary/aromatic N) is 2. The van der Waals surface area contributed by atoms with Gasteiger partial charge in [0.1, 0.15) is 5.69 Å². The minimum Gasteiger partial charge on any atom is -0.490 e. The largest absolute Gasteiger partial charge is 0.490 e. The Hall–Kier alpha value is -3.35. The van der Waals surface area contributed by atoms with E-state index in [1.807, 2.05) is 32.9 Å². The molecule has 152 valence electrons. The molecule has 0 aliphatic rings. The van der Waals surface area contributed by atoms with Crippen LogP contribution in [0, 0.1) is 0 Å². The molecule has 0 bridgehead atoms. The first-order valence-corrected chi connectivity index (χ1v) is 9.80. The summed E-state index contributed by atoms with van der Waals surface area (Å²) in [5.74, 6) is -0.0835. The van der Waals surface area contributed by atoms with Gasteiger partial charge in [-0.05, 0) is 50.1 Å². The smallest absolute Gasteiger partial charge is 0.338 e. The van der Waals surface area contributed by atoms with Gasteiger partial charge in [-0.3, -0.25) is 9.20 Å². The van der Waals surface area contributed by atoms with Crippen molar-refractivity contribution in [1.82, 2.24) is 9.38 Å². The van der Waals surface area contributed by atoms with Crippen LogP contribution in [0.15, 0.2) is 42.6 Å². The van der Waals surface area contributed by atoms with Gasteiger partial charge in [-0.25, -0.2) is 9.78 Å². The van der Waals surface area contributed by atoms with Crippen molar-refractivity contribution in [2.45, 2.75) is 33.6 Å². The average molecular weight is 395 g/mol. The first kappa shape index (κ1) is 20.4. The number of carbonyl (C=O) groups is 2. The number of fused-ring (bicyclic) bond motifs is 1. The van der Waals surface area contributed by atoms with Crippen LogP contribution in [0.5, 0.6) is 5.75 Å². The highest BCUT2D eigenvalue weighted by molar-refractivity contribution is 6.05. The third kappa shape index (κ3) is 4.39. The van der Waals surface area contributed by atoms with Crippen molar-refractivity contribution in [2.24, 2.45) is 0 Å². The van der Waals surface area contributed by atoms with Gasteiger partial charge >= 0.3 is 5.97 Å². The van der Waals surface area contributed by atoms with Gasteiger partial charge in [0.2, 0.25) is 0 Å². The zero-order chi connectivity index (χ0) is 20.8. The van der Waals surface area contributed by atoms with Gasteiger partial charge in [0.15, 0.2) is 11.4 Å². The molecule has 0 aliphatic carbocycles. The number of hydrogen-bond acceptors (Lipinski definition) is 5. The number of hydrogen-bond donors (Lipinski definition) is 1. The van der Waals surface area contributed by atoms with Gasteiger partial charge in [0, 0.05) is 11.9 Å². The molecular formula is C22H25N3O4. The molecule has 3 aromatic rings. The number of carbonyl (C=O) groups excluding carboxylic acids is 2. The predicted molar refractivity (Wildman–Crippen MR) is 111 cm³/mol. The molecule has 0 fully saturated rings. The Morgan fingerprint density at radius 1 is 1.14 bits per heavy atom. The van der Waals surface area contributed by atoms with E-state index in [4.69, 9.17) is 9.47 Å². The van der Waals surface area contributed by atoms with Crippen molar-refractivity contribution in [3.8, 4) is 5.75 Å². The highest BCUT2D eigenvalue weighted by Gasteiger charge is 2.20. The fourth-order valence-electron chi connectivity index (χ4n) is 3.04. The lowest BCUT2D eigenvalue weighted by Crippen LogP contribution is -2.17. The van der Waals surface area contributed by atoms with Crippen LogP contribution < -0.4 is 10.1 Å². The van der Waals surface area contributed by atoms with Crippen molar-refractivity contribution < 1.29 is 19.1 Å². The summed E-state index contributed by atoms with van der Waals surface area (Å²) in [5.41, 5.74) is 2.63. The monoisotopic (exact) mass is 395 g/mol. The number of anilines is 1. The van der Waals surface area contributed by atoms with Crippen LogP contribution in [0.2, 0.25) is 0 Å². The molecule has 2 aromatic heterocycles. The molecule has 0 atom stereocenters. The standard InChI is InChI=1S/C22H25N3O4/c1-4-13-29-22(27)15-9-7-10-16(14-15)23-21(26)19-17(5-2)24-20-18(28-6-3)11-8-12-25(19)20/h7-12,14H,4-6,13H2,1-3H3,(H,23,26). The van der Waals surface area contributed by atoms with Crippen LogP contribution in [-0.2, 0) is 11.2 Å². The van der Waals surface area contributed by atoms with Crippen LogP contribution in [-0.4, -0.2) is 34.5 Å². The van der Waals surface area contributed by atoms with Gasteiger partial charge in [-0.1, -0.05) is 19.9 Å². The SMILES string of the molecule is CCCOC(=O)c1cccc(NC(=O)c2c(CC)nc3c(OCC)cccn23)c1. The number of aromatic nitrogens is 2. The molecular weight excluding hydrogens is 370 g/mol. The summed E-state index contributed by atoms with van der Waals surface area (Å²) in [6.07, 6.45) is 3.14. The Labute approximate surface area is 169 Å². The van der Waals surface area contributed by atoms with Crippen molar-refractivity contribution in [2.75, 3.05) is 18.5 Å². The van der Waals surface area contributed by atoms with Gasteiger partial charge in [0.05, 0.1) is 24.5 Å². The first-order chi connectivity index (χ1) is 14.1. The zero-order valence-electron chi connectivity index (χ0n) is 16.9. The van der Waals surface area contributed by atoms with E-state index in [9.17, 15) is 9.59 Å². The number of nitrogens with one attached hydrogen (secondary N) is 1. The number of imidazole rings is 1. The van der Waals surface area contributed by atoms with E-state index in [1.165, 1.54) is 0 Å². The zero-order valence-corrected chi connectivity index (χ0v) is 16.9. The highest BCUT2D eigenvalue weighted by Crippen LogP contribution is 2.24. The maximum absolute atomic E-state index is 13.1. The topological polar surface area (TPSA) is 81.9 Å². The number of ether oxygens (including phenoxy) is 2. The van der Waals surface area contributed by atoms with Crippen LogP contribution in [0.4, 0.5) is 5.69 Å². The second-order valence-electron chi connectivity index (χ2n) is 6.43. The molecule has 1 aromatic carbocycles. The molecule has 2 heterocycles. The van der Waals surface area contributed by atoms with E-state index in [2.05, 4.69) is 10.3 Å². The molecule has 1 N–H and O–H groups in total. The van der Waals surface area contributed by atoms with Gasteiger partial charge in [-0.15, -0.1) is 0 Å². The number of pyridine rings is 1. The third-order valence-electron chi connectivity index (χ3n) is 4.33. The lowest BCUT2D eigenvalue weighted by molar-refractivity contribution is 0.0505. The van der Waals surface area contributed by atoms with Crippen molar-refractivity contribution in [1.29, 1.82) is 0 Å². The summed E-state index contributed by atoms with van der Waals surface area (Å²) in [6, 6.07) is 10.4. The van der Waals surface area contributed by atoms with E-state index >= 15 is 0 Å². The number of rotatable bonds is 8. The number of aryl methyl sites for hydroxylation is 1. The van der Waals surface area contributed by atoms with Gasteiger partial charge < -0.3 is 14.8 Å². The normalized spacial score (nSPS) is 10.7. The van der Waals surface area contributed by atoms with E-state index < -0.39 is 5.97 Å². The molecule has 3 rings (SSSR count). The summed E-state index contributed by atoms with van der Waals surface area (Å²) in [7, 11) is 0. The minimum absolute atomic E-state index is 0.304. The summed E-state index contributed by atoms with van der Waals surface area (Å²) < 4.78 is 12.5. The molecule has 1 amide bonds. The van der Waals surface area contributed by atoms with Crippen LogP contribution in [0.25, 0.3) is 5.65 Å². The maximum atomic E-state index is 13.1. The average Bonchev–Trinajstić information content (AvgIpc) is 3.12. The fraction of sp³-hybridized carbons (Fsp3) is 0.318. The maximum Gasteiger partial charge on any atom is 0.338 e. The second kappa shape index (κ2) is 9.23. The predicted octanol–water partition coefficient (Wildman–Crippen LogP) is 4.11. The Morgan fingerprint density at radius 3 is 2.69 bits per heavy atom. The molecule has 0 saturated heterocycles. The Morgan fingerprint density at radius 2 is 1.97 bits per heavy atom. The van der Waals surface area contributed by atoms with Crippen LogP contribution in [0.1, 0.15) is 53.7 Å². The first-order valence-electron chi connectivity index (χ1n) is 9.80. The van der Waals surface area contributed by atoms with E-state index in [1.54, 1.807) is 34.9 Å². The van der Waals surface area contributed by atoms with E-state index in [-0.39, 0.29) is 5.91 Å². The summed E-state index contributed by atoms with van der Waals surface area (Å²) in [6.45, 7) is 6.65. The Kier molecular flexibility index (Phi) is 6.49. The molecule has 7 heteroatoms. The summed E-state index contributed by atoms with van der Waals surface area (Å²) in [4.78, 5) is 29.7. The second-order valence-corrected chi connectivity index (χ2v) is 6.43. The molecule has 0 saturated carbocycles. The van der Waals surface area contributed by atoms with Crippen molar-refractivity contribution in [3.63, 3.8) is 0 Å². The fourth-order valence-corrected chi connectivity index (χ4v) is 3.04. The molecule has 29 heavy (non-hydrogen) atoms. The number of benzene rings is 1. The third-order valence-corrected chi connectivity index (χ3v) is 4.33. The van der Waals surface area contributed by atoms with Crippen LogP contribution >= 0.6 is 0 Å². The summed E-state index contributed by atoms with van der Waals surface area (Å²) in [5, 5.41) is 2.87. The number of amides is 1. The Balaban J connectivity index is 1.91. The molecule has 0 unspecified atom stereocenters. The Bertz CT molecular complexity index is 1030. The molecule has 0 spiro atoms. The van der Waals surface area contributed by atoms with Crippen molar-refractivity contribution in [3.05, 3.63) is 59.5 Å². The molecule has 7 nitrogen and oxygen atoms in total.